The lowest BCUT2D eigenvalue weighted by Gasteiger charge is -2.21. The van der Waals surface area contributed by atoms with Crippen LogP contribution in [0.3, 0.4) is 0 Å². The second-order valence-corrected chi connectivity index (χ2v) is 11.9. The van der Waals surface area contributed by atoms with Crippen molar-refractivity contribution in [2.24, 2.45) is 0 Å². The minimum absolute atomic E-state index is 0.0335. The minimum Gasteiger partial charge on any atom is -0.466 e. The van der Waals surface area contributed by atoms with Crippen molar-refractivity contribution in [3.05, 3.63) is 125 Å². The molecule has 0 aliphatic carbocycles. The topological polar surface area (TPSA) is 60.3 Å². The second kappa shape index (κ2) is 17.2. The molecule has 0 aliphatic heterocycles. The summed E-state index contributed by atoms with van der Waals surface area (Å²) >= 11 is 0. The summed E-state index contributed by atoms with van der Waals surface area (Å²) in [5.41, 5.74) is 6.18. The van der Waals surface area contributed by atoms with Crippen LogP contribution in [0, 0.1) is 0 Å². The quantitative estimate of drug-likeness (QED) is 0.0925. The van der Waals surface area contributed by atoms with E-state index in [1.54, 1.807) is 0 Å². The molecule has 5 heteroatoms. The van der Waals surface area contributed by atoms with Crippen molar-refractivity contribution in [1.29, 1.82) is 0 Å². The number of carbonyl (C=O) groups is 2. The van der Waals surface area contributed by atoms with Gasteiger partial charge in [-0.15, -0.1) is 0 Å². The highest BCUT2D eigenvalue weighted by Crippen LogP contribution is 2.26. The first-order valence-electron chi connectivity index (χ1n) is 16.3. The Morgan fingerprint density at radius 2 is 1.43 bits per heavy atom. The third kappa shape index (κ3) is 10.3. The van der Waals surface area contributed by atoms with Gasteiger partial charge in [-0.3, -0.25) is 9.59 Å². The number of hydrogen-bond acceptors (Lipinski definition) is 4. The number of aryl methyl sites for hydroxylation is 3. The fourth-order valence-corrected chi connectivity index (χ4v) is 5.77. The Morgan fingerprint density at radius 3 is 2.02 bits per heavy atom. The van der Waals surface area contributed by atoms with Crippen molar-refractivity contribution >= 4 is 17.4 Å². The zero-order valence-corrected chi connectivity index (χ0v) is 26.6. The summed E-state index contributed by atoms with van der Waals surface area (Å²) in [6, 6.07) is 29.6. The number of rotatable bonds is 18. The Hall–Kier alpha value is -4.12. The number of benzene rings is 3. The summed E-state index contributed by atoms with van der Waals surface area (Å²) in [5, 5.41) is 3.79. The highest BCUT2D eigenvalue weighted by molar-refractivity contribution is 6.10. The maximum atomic E-state index is 13.8. The van der Waals surface area contributed by atoms with Gasteiger partial charge >= 0.3 is 5.97 Å². The molecule has 0 spiro atoms. The molecule has 4 rings (SSSR count). The summed E-state index contributed by atoms with van der Waals surface area (Å²) in [5.74, 6) is 0.0640. The van der Waals surface area contributed by atoms with Crippen molar-refractivity contribution in [2.45, 2.75) is 90.6 Å². The van der Waals surface area contributed by atoms with Gasteiger partial charge < -0.3 is 14.6 Å². The van der Waals surface area contributed by atoms with E-state index in [-0.39, 0.29) is 17.7 Å². The molecule has 0 bridgehead atoms. The van der Waals surface area contributed by atoms with Crippen LogP contribution in [0.4, 0.5) is 5.69 Å². The molecule has 0 radical (unpaired) electrons. The SMILES string of the molecule is CCOC(=O)CCCn1cc(C(=O)c2cccc(NC(CCCc3ccccc3)CCCc3ccccc3)c2)c(C(C)C)c1. The Bertz CT molecular complexity index is 1400. The number of ether oxygens (including phenoxy) is 1. The van der Waals surface area contributed by atoms with Crippen LogP contribution in [0.1, 0.15) is 97.8 Å². The molecule has 3 aromatic carbocycles. The molecule has 44 heavy (non-hydrogen) atoms. The van der Waals surface area contributed by atoms with E-state index >= 15 is 0 Å². The van der Waals surface area contributed by atoms with Crippen LogP contribution in [-0.2, 0) is 28.9 Å². The van der Waals surface area contributed by atoms with Crippen LogP contribution in [0.15, 0.2) is 97.3 Å². The molecule has 0 saturated heterocycles. The van der Waals surface area contributed by atoms with Crippen molar-refractivity contribution in [3.8, 4) is 0 Å². The molecule has 4 aromatic rings. The number of anilines is 1. The van der Waals surface area contributed by atoms with Crippen LogP contribution in [0.2, 0.25) is 0 Å². The number of hydrogen-bond donors (Lipinski definition) is 1. The Kier molecular flexibility index (Phi) is 12.8. The molecule has 1 heterocycles. The van der Waals surface area contributed by atoms with Gasteiger partial charge in [0.05, 0.1) is 6.61 Å². The average molecular weight is 593 g/mol. The number of ketones is 1. The van der Waals surface area contributed by atoms with E-state index in [0.29, 0.717) is 37.6 Å². The summed E-state index contributed by atoms with van der Waals surface area (Å²) in [7, 11) is 0. The third-order valence-corrected chi connectivity index (χ3v) is 8.10. The Morgan fingerprint density at radius 1 is 0.795 bits per heavy atom. The molecule has 0 atom stereocenters. The first-order chi connectivity index (χ1) is 21.4. The Labute approximate surface area is 263 Å². The van der Waals surface area contributed by atoms with Crippen LogP contribution in [0.25, 0.3) is 0 Å². The minimum atomic E-state index is -0.178. The van der Waals surface area contributed by atoms with Crippen LogP contribution in [0.5, 0.6) is 0 Å². The fourth-order valence-electron chi connectivity index (χ4n) is 5.77. The van der Waals surface area contributed by atoms with Crippen LogP contribution in [-0.4, -0.2) is 29.0 Å². The average Bonchev–Trinajstić information content (AvgIpc) is 3.46. The fraction of sp³-hybridized carbons (Fsp3) is 0.385. The van der Waals surface area contributed by atoms with Gasteiger partial charge in [0.1, 0.15) is 0 Å². The molecule has 5 nitrogen and oxygen atoms in total. The molecule has 0 fully saturated rings. The monoisotopic (exact) mass is 592 g/mol. The second-order valence-electron chi connectivity index (χ2n) is 11.9. The largest absolute Gasteiger partial charge is 0.466 e. The van der Waals surface area contributed by atoms with Gasteiger partial charge in [0.15, 0.2) is 5.78 Å². The van der Waals surface area contributed by atoms with E-state index in [9.17, 15) is 9.59 Å². The molecular weight excluding hydrogens is 544 g/mol. The molecule has 0 saturated carbocycles. The van der Waals surface area contributed by atoms with Gasteiger partial charge in [-0.1, -0.05) is 86.6 Å². The summed E-state index contributed by atoms with van der Waals surface area (Å²) in [4.78, 5) is 25.6. The van der Waals surface area contributed by atoms with Gasteiger partial charge in [0.2, 0.25) is 0 Å². The summed E-state index contributed by atoms with van der Waals surface area (Å²) in [6.45, 7) is 7.11. The lowest BCUT2D eigenvalue weighted by molar-refractivity contribution is -0.143. The lowest BCUT2D eigenvalue weighted by Crippen LogP contribution is -2.20. The van der Waals surface area contributed by atoms with Crippen molar-refractivity contribution in [2.75, 3.05) is 11.9 Å². The van der Waals surface area contributed by atoms with Gasteiger partial charge in [-0.2, -0.15) is 0 Å². The molecule has 0 aliphatic rings. The Balaban J connectivity index is 1.43. The van der Waals surface area contributed by atoms with Crippen LogP contribution >= 0.6 is 0 Å². The third-order valence-electron chi connectivity index (χ3n) is 8.10. The number of nitrogens with one attached hydrogen (secondary N) is 1. The van der Waals surface area contributed by atoms with Gasteiger partial charge in [-0.25, -0.2) is 0 Å². The first-order valence-corrected chi connectivity index (χ1v) is 16.3. The van der Waals surface area contributed by atoms with E-state index in [1.807, 2.05) is 35.9 Å². The first kappa shape index (κ1) is 32.8. The van der Waals surface area contributed by atoms with Crippen molar-refractivity contribution in [1.82, 2.24) is 4.57 Å². The number of carbonyl (C=O) groups excluding carboxylic acids is 2. The molecule has 1 N–H and O–H groups in total. The van der Waals surface area contributed by atoms with E-state index in [1.165, 1.54) is 11.1 Å². The maximum Gasteiger partial charge on any atom is 0.305 e. The number of aromatic nitrogens is 1. The predicted molar refractivity (Wildman–Crippen MR) is 180 cm³/mol. The van der Waals surface area contributed by atoms with E-state index in [4.69, 9.17) is 4.74 Å². The smallest absolute Gasteiger partial charge is 0.305 e. The lowest BCUT2D eigenvalue weighted by atomic mass is 9.95. The van der Waals surface area contributed by atoms with E-state index in [0.717, 1.165) is 55.3 Å². The zero-order valence-electron chi connectivity index (χ0n) is 26.6. The predicted octanol–water partition coefficient (Wildman–Crippen LogP) is 9.01. The van der Waals surface area contributed by atoms with Gasteiger partial charge in [0.25, 0.3) is 0 Å². The highest BCUT2D eigenvalue weighted by atomic mass is 16.5. The van der Waals surface area contributed by atoms with E-state index < -0.39 is 0 Å². The number of esters is 1. The molecule has 0 unspecified atom stereocenters. The van der Waals surface area contributed by atoms with Crippen molar-refractivity contribution < 1.29 is 14.3 Å². The van der Waals surface area contributed by atoms with Gasteiger partial charge in [0, 0.05) is 48.2 Å². The normalized spacial score (nSPS) is 11.2. The molecule has 0 amide bonds. The summed E-state index contributed by atoms with van der Waals surface area (Å²) < 4.78 is 7.10. The molecule has 1 aromatic heterocycles. The standard InChI is InChI=1S/C39H48N2O3/c1-4-44-38(42)25-14-26-41-28-36(30(2)3)37(29-41)39(43)33-21-13-24-35(27-33)40-34(22-11-19-31-15-7-5-8-16-31)23-12-20-32-17-9-6-10-18-32/h5-10,13,15-18,21,24,27-30,34,40H,4,11-12,14,19-20,22-23,25-26H2,1-3H3. The molecular formula is C39H48N2O3. The van der Waals surface area contributed by atoms with E-state index in [2.05, 4.69) is 92.1 Å². The molecule has 232 valence electrons. The van der Waals surface area contributed by atoms with Crippen LogP contribution < -0.4 is 5.32 Å². The number of nitrogens with zero attached hydrogens (tertiary/aromatic N) is 1. The van der Waals surface area contributed by atoms with Gasteiger partial charge in [-0.05, 0) is 86.6 Å². The van der Waals surface area contributed by atoms with Crippen molar-refractivity contribution in [3.63, 3.8) is 0 Å². The zero-order chi connectivity index (χ0) is 31.1. The highest BCUT2D eigenvalue weighted by Gasteiger charge is 2.19. The maximum absolute atomic E-state index is 13.8. The summed E-state index contributed by atoms with van der Waals surface area (Å²) in [6.07, 6.45) is 11.5.